The number of methoxy groups -OCH3 is 1. The van der Waals surface area contributed by atoms with Crippen LogP contribution in [0.4, 0.5) is 0 Å². The molecule has 0 aliphatic heterocycles. The molecule has 5 nitrogen and oxygen atoms in total. The maximum atomic E-state index is 5.36. The van der Waals surface area contributed by atoms with Crippen molar-refractivity contribution in [3.8, 4) is 0 Å². The summed E-state index contributed by atoms with van der Waals surface area (Å²) in [6, 6.07) is 4.22. The highest BCUT2D eigenvalue weighted by atomic mass is 32.1. The van der Waals surface area contributed by atoms with Gasteiger partial charge in [-0.05, 0) is 17.9 Å². The van der Waals surface area contributed by atoms with Crippen LogP contribution in [0, 0.1) is 0 Å². The lowest BCUT2D eigenvalue weighted by Gasteiger charge is -2.11. The lowest BCUT2D eigenvalue weighted by Crippen LogP contribution is -2.39. The molecule has 0 aromatic carbocycles. The molecule has 2 N–H and O–H groups in total. The van der Waals surface area contributed by atoms with Gasteiger partial charge in [0.25, 0.3) is 0 Å². The van der Waals surface area contributed by atoms with Crippen LogP contribution in [-0.4, -0.2) is 53.0 Å². The van der Waals surface area contributed by atoms with Gasteiger partial charge in [0.05, 0.1) is 19.8 Å². The third-order valence-electron chi connectivity index (χ3n) is 2.44. The number of nitrogens with one attached hydrogen (secondary N) is 2. The Labute approximate surface area is 119 Å². The van der Waals surface area contributed by atoms with Gasteiger partial charge in [0.15, 0.2) is 5.96 Å². The first kappa shape index (κ1) is 15.9. The van der Waals surface area contributed by atoms with E-state index in [0.29, 0.717) is 19.8 Å². The first-order chi connectivity index (χ1) is 9.36. The van der Waals surface area contributed by atoms with Crippen LogP contribution in [-0.2, 0) is 15.9 Å². The lowest BCUT2D eigenvalue weighted by atomic mass is 10.3. The molecule has 0 saturated carbocycles. The average molecular weight is 285 g/mol. The zero-order chi connectivity index (χ0) is 13.8. The van der Waals surface area contributed by atoms with Crippen molar-refractivity contribution < 1.29 is 9.47 Å². The molecule has 0 aliphatic rings. The summed E-state index contributed by atoms with van der Waals surface area (Å²) in [5, 5.41) is 8.57. The van der Waals surface area contributed by atoms with E-state index in [1.54, 1.807) is 25.5 Å². The number of rotatable bonds is 9. The summed E-state index contributed by atoms with van der Waals surface area (Å²) < 4.78 is 10.3. The van der Waals surface area contributed by atoms with Gasteiger partial charge in [-0.3, -0.25) is 4.99 Å². The predicted octanol–water partition coefficient (Wildman–Crippen LogP) is 1.12. The molecule has 0 bridgehead atoms. The van der Waals surface area contributed by atoms with E-state index in [-0.39, 0.29) is 0 Å². The quantitative estimate of drug-likeness (QED) is 0.405. The Kier molecular flexibility index (Phi) is 9.05. The van der Waals surface area contributed by atoms with Crippen LogP contribution in [0.25, 0.3) is 0 Å². The molecule has 0 amide bonds. The molecule has 0 fully saturated rings. The van der Waals surface area contributed by atoms with Crippen LogP contribution in [0.15, 0.2) is 22.5 Å². The second-order valence-electron chi connectivity index (χ2n) is 3.86. The summed E-state index contributed by atoms with van der Waals surface area (Å²) in [4.78, 5) is 5.54. The first-order valence-corrected chi connectivity index (χ1v) is 7.28. The van der Waals surface area contributed by atoms with E-state index >= 15 is 0 Å². The fraction of sp³-hybridized carbons (Fsp3) is 0.615. The molecule has 1 rings (SSSR count). The molecule has 19 heavy (non-hydrogen) atoms. The van der Waals surface area contributed by atoms with Gasteiger partial charge in [0.1, 0.15) is 0 Å². The molecule has 0 aliphatic carbocycles. The Hall–Kier alpha value is -1.11. The highest BCUT2D eigenvalue weighted by Crippen LogP contribution is 2.07. The number of guanidine groups is 1. The number of thiophene rings is 1. The largest absolute Gasteiger partial charge is 0.382 e. The molecule has 0 atom stereocenters. The molecule has 6 heteroatoms. The highest BCUT2D eigenvalue weighted by Gasteiger charge is 1.98. The summed E-state index contributed by atoms with van der Waals surface area (Å²) in [6.45, 7) is 3.53. The summed E-state index contributed by atoms with van der Waals surface area (Å²) in [7, 11) is 3.44. The molecule has 1 heterocycles. The van der Waals surface area contributed by atoms with Gasteiger partial charge in [0, 0.05) is 32.1 Å². The van der Waals surface area contributed by atoms with Crippen molar-refractivity contribution in [1.82, 2.24) is 10.6 Å². The molecule has 1 aromatic rings. The molecule has 0 saturated heterocycles. The van der Waals surface area contributed by atoms with Gasteiger partial charge in [-0.1, -0.05) is 6.07 Å². The average Bonchev–Trinajstić information content (AvgIpc) is 2.93. The van der Waals surface area contributed by atoms with E-state index in [1.807, 2.05) is 0 Å². The van der Waals surface area contributed by atoms with Gasteiger partial charge in [-0.25, -0.2) is 0 Å². The molecule has 0 radical (unpaired) electrons. The number of nitrogens with zero attached hydrogens (tertiary/aromatic N) is 1. The van der Waals surface area contributed by atoms with Gasteiger partial charge >= 0.3 is 0 Å². The molecule has 1 aromatic heterocycles. The minimum atomic E-state index is 0.628. The fourth-order valence-corrected chi connectivity index (χ4v) is 2.17. The maximum Gasteiger partial charge on any atom is 0.191 e. The highest BCUT2D eigenvalue weighted by molar-refractivity contribution is 7.09. The van der Waals surface area contributed by atoms with Gasteiger partial charge in [0.2, 0.25) is 0 Å². The normalized spacial score (nSPS) is 11.6. The van der Waals surface area contributed by atoms with Gasteiger partial charge < -0.3 is 20.1 Å². The van der Waals surface area contributed by atoms with Gasteiger partial charge in [-0.2, -0.15) is 0 Å². The first-order valence-electron chi connectivity index (χ1n) is 6.40. The zero-order valence-electron chi connectivity index (χ0n) is 11.6. The van der Waals surface area contributed by atoms with Gasteiger partial charge in [-0.15, -0.1) is 11.3 Å². The molecule has 0 spiro atoms. The predicted molar refractivity (Wildman–Crippen MR) is 80.1 cm³/mol. The smallest absolute Gasteiger partial charge is 0.191 e. The van der Waals surface area contributed by atoms with Crippen LogP contribution in [0.1, 0.15) is 4.88 Å². The SMILES string of the molecule is CN=C(NCCOCCOC)NCCc1cccs1. The van der Waals surface area contributed by atoms with E-state index in [2.05, 4.69) is 33.1 Å². The van der Waals surface area contributed by atoms with Crippen LogP contribution in [0.2, 0.25) is 0 Å². The van der Waals surface area contributed by atoms with E-state index in [1.165, 1.54) is 4.88 Å². The Morgan fingerprint density at radius 2 is 2.11 bits per heavy atom. The summed E-state index contributed by atoms with van der Waals surface area (Å²) >= 11 is 1.78. The monoisotopic (exact) mass is 285 g/mol. The van der Waals surface area contributed by atoms with Crippen molar-refractivity contribution in [2.24, 2.45) is 4.99 Å². The Balaban J connectivity index is 2.03. The number of hydrogen-bond acceptors (Lipinski definition) is 4. The summed E-state index contributed by atoms with van der Waals surface area (Å²) in [5.74, 6) is 0.812. The Morgan fingerprint density at radius 3 is 2.79 bits per heavy atom. The fourth-order valence-electron chi connectivity index (χ4n) is 1.47. The third kappa shape index (κ3) is 7.81. The topological polar surface area (TPSA) is 54.9 Å². The second-order valence-corrected chi connectivity index (χ2v) is 4.89. The number of aliphatic imine (C=N–C) groups is 1. The molecular weight excluding hydrogens is 262 g/mol. The van der Waals surface area contributed by atoms with Crippen molar-refractivity contribution in [2.45, 2.75) is 6.42 Å². The van der Waals surface area contributed by atoms with Crippen molar-refractivity contribution in [3.63, 3.8) is 0 Å². The Morgan fingerprint density at radius 1 is 1.26 bits per heavy atom. The van der Waals surface area contributed by atoms with E-state index in [9.17, 15) is 0 Å². The van der Waals surface area contributed by atoms with E-state index < -0.39 is 0 Å². The van der Waals surface area contributed by atoms with Crippen molar-refractivity contribution >= 4 is 17.3 Å². The van der Waals surface area contributed by atoms with Crippen LogP contribution in [0.5, 0.6) is 0 Å². The van der Waals surface area contributed by atoms with Crippen molar-refractivity contribution in [2.75, 3.05) is 47.1 Å². The van der Waals surface area contributed by atoms with E-state index in [4.69, 9.17) is 9.47 Å². The summed E-state index contributed by atoms with van der Waals surface area (Å²) in [5.41, 5.74) is 0. The Bertz CT molecular complexity index is 342. The van der Waals surface area contributed by atoms with Crippen LogP contribution < -0.4 is 10.6 Å². The second kappa shape index (κ2) is 10.8. The van der Waals surface area contributed by atoms with Crippen LogP contribution in [0.3, 0.4) is 0 Å². The molecule has 108 valence electrons. The minimum absolute atomic E-state index is 0.628. The lowest BCUT2D eigenvalue weighted by molar-refractivity contribution is 0.0733. The zero-order valence-corrected chi connectivity index (χ0v) is 12.5. The van der Waals surface area contributed by atoms with Crippen molar-refractivity contribution in [1.29, 1.82) is 0 Å². The third-order valence-corrected chi connectivity index (χ3v) is 3.37. The summed E-state index contributed by atoms with van der Waals surface area (Å²) in [6.07, 6.45) is 1.02. The minimum Gasteiger partial charge on any atom is -0.382 e. The number of hydrogen-bond donors (Lipinski definition) is 2. The number of ether oxygens (including phenoxy) is 2. The van der Waals surface area contributed by atoms with Crippen LogP contribution >= 0.6 is 11.3 Å². The molecule has 0 unspecified atom stereocenters. The molecular formula is C13H23N3O2S. The van der Waals surface area contributed by atoms with Crippen molar-refractivity contribution in [3.05, 3.63) is 22.4 Å². The maximum absolute atomic E-state index is 5.36. The standard InChI is InChI=1S/C13H23N3O2S/c1-14-13(16-7-8-18-10-9-17-2)15-6-5-12-4-3-11-19-12/h3-4,11H,5-10H2,1-2H3,(H2,14,15,16). The van der Waals surface area contributed by atoms with E-state index in [0.717, 1.165) is 25.5 Å².